The molecular weight excluding hydrogens is 436 g/mol. The molecule has 1 aliphatic carbocycles. The predicted molar refractivity (Wildman–Crippen MR) is 130 cm³/mol. The molecule has 0 spiro atoms. The molecule has 2 aliphatic rings. The smallest absolute Gasteiger partial charge is 0.271 e. The maximum Gasteiger partial charge on any atom is 0.271 e. The van der Waals surface area contributed by atoms with Gasteiger partial charge in [0.2, 0.25) is 0 Å². The minimum absolute atomic E-state index is 0.0142. The van der Waals surface area contributed by atoms with Crippen LogP contribution in [0.15, 0.2) is 81.4 Å². The summed E-state index contributed by atoms with van der Waals surface area (Å²) in [7, 11) is 1.67. The summed E-state index contributed by atoms with van der Waals surface area (Å²) >= 11 is 3.10. The van der Waals surface area contributed by atoms with Gasteiger partial charge in [-0.25, -0.2) is 4.99 Å². The van der Waals surface area contributed by atoms with Crippen LogP contribution in [0, 0.1) is 0 Å². The molecule has 0 fully saturated rings. The first-order valence-electron chi connectivity index (χ1n) is 10.5. The number of hydrogen-bond acceptors (Lipinski definition) is 5. The first-order valence-corrected chi connectivity index (χ1v) is 12.2. The number of allylic oxidation sites excluding steroid dienone is 1. The number of nitrogens with zero attached hydrogens (tertiary/aromatic N) is 2. The molecule has 158 valence electrons. The van der Waals surface area contributed by atoms with Crippen LogP contribution in [0.5, 0.6) is 5.75 Å². The number of fused-ring (bicyclic) bond motifs is 3. The molecule has 4 nitrogen and oxygen atoms in total. The summed E-state index contributed by atoms with van der Waals surface area (Å²) in [5.74, 6) is 0.790. The molecule has 4 aromatic rings. The molecule has 3 heterocycles. The van der Waals surface area contributed by atoms with Crippen molar-refractivity contribution in [1.29, 1.82) is 0 Å². The zero-order valence-corrected chi connectivity index (χ0v) is 19.1. The fourth-order valence-electron chi connectivity index (χ4n) is 4.64. The number of aromatic nitrogens is 1. The lowest BCUT2D eigenvalue weighted by Gasteiger charge is -2.31. The zero-order valence-electron chi connectivity index (χ0n) is 17.4. The van der Waals surface area contributed by atoms with Crippen LogP contribution in [0.3, 0.4) is 0 Å². The van der Waals surface area contributed by atoms with E-state index < -0.39 is 0 Å². The number of methoxy groups -OCH3 is 1. The van der Waals surface area contributed by atoms with Gasteiger partial charge in [0.15, 0.2) is 4.80 Å². The Morgan fingerprint density at radius 3 is 2.84 bits per heavy atom. The number of ether oxygens (including phenoxy) is 1. The van der Waals surface area contributed by atoms with Crippen LogP contribution in [0.4, 0.5) is 0 Å². The number of aryl methyl sites for hydroxylation is 1. The zero-order chi connectivity index (χ0) is 21.7. The van der Waals surface area contributed by atoms with Gasteiger partial charge in [0.25, 0.3) is 5.56 Å². The van der Waals surface area contributed by atoms with Crippen molar-refractivity contribution in [2.45, 2.75) is 18.9 Å². The highest BCUT2D eigenvalue weighted by molar-refractivity contribution is 7.11. The van der Waals surface area contributed by atoms with E-state index in [4.69, 9.17) is 9.73 Å². The molecule has 0 saturated carbocycles. The van der Waals surface area contributed by atoms with E-state index in [9.17, 15) is 4.79 Å². The van der Waals surface area contributed by atoms with Crippen molar-refractivity contribution >= 4 is 34.4 Å². The van der Waals surface area contributed by atoms with Gasteiger partial charge in [0.05, 0.1) is 23.4 Å². The van der Waals surface area contributed by atoms with Crippen molar-refractivity contribution in [2.24, 2.45) is 4.99 Å². The summed E-state index contributed by atoms with van der Waals surface area (Å²) in [6, 6.07) is 20.4. The van der Waals surface area contributed by atoms with E-state index in [1.165, 1.54) is 28.0 Å². The van der Waals surface area contributed by atoms with Crippen LogP contribution in [0.1, 0.15) is 34.0 Å². The van der Waals surface area contributed by atoms with Gasteiger partial charge in [-0.3, -0.25) is 9.36 Å². The molecule has 6 heteroatoms. The Hall–Kier alpha value is -3.22. The minimum atomic E-state index is -0.185. The monoisotopic (exact) mass is 456 g/mol. The Morgan fingerprint density at radius 1 is 1.09 bits per heavy atom. The van der Waals surface area contributed by atoms with Crippen LogP contribution in [0.25, 0.3) is 11.8 Å². The maximum absolute atomic E-state index is 13.6. The van der Waals surface area contributed by atoms with Crippen molar-refractivity contribution in [2.75, 3.05) is 7.11 Å². The van der Waals surface area contributed by atoms with Crippen LogP contribution in [-0.4, -0.2) is 11.7 Å². The highest BCUT2D eigenvalue weighted by atomic mass is 32.1. The molecule has 0 bridgehead atoms. The van der Waals surface area contributed by atoms with E-state index >= 15 is 0 Å². The van der Waals surface area contributed by atoms with Gasteiger partial charge in [-0.15, -0.1) is 11.3 Å². The summed E-state index contributed by atoms with van der Waals surface area (Å²) in [5.41, 5.74) is 5.78. The molecule has 0 radical (unpaired) electrons. The topological polar surface area (TPSA) is 43.6 Å². The van der Waals surface area contributed by atoms with Crippen LogP contribution in [-0.2, 0) is 6.42 Å². The fourth-order valence-corrected chi connectivity index (χ4v) is 6.36. The van der Waals surface area contributed by atoms with Gasteiger partial charge in [0.1, 0.15) is 5.75 Å². The number of thiazole rings is 1. The molecule has 1 aliphatic heterocycles. The maximum atomic E-state index is 13.6. The Kier molecular flexibility index (Phi) is 4.70. The number of rotatable bonds is 3. The van der Waals surface area contributed by atoms with Gasteiger partial charge in [-0.05, 0) is 59.2 Å². The minimum Gasteiger partial charge on any atom is -0.497 e. The number of thiophene rings is 1. The lowest BCUT2D eigenvalue weighted by Crippen LogP contribution is -2.38. The second-order valence-electron chi connectivity index (χ2n) is 7.91. The molecule has 0 amide bonds. The average molecular weight is 457 g/mol. The van der Waals surface area contributed by atoms with Crippen molar-refractivity contribution in [1.82, 2.24) is 4.57 Å². The Morgan fingerprint density at radius 2 is 2.00 bits per heavy atom. The van der Waals surface area contributed by atoms with Gasteiger partial charge < -0.3 is 4.74 Å². The van der Waals surface area contributed by atoms with E-state index in [2.05, 4.69) is 30.3 Å². The van der Waals surface area contributed by atoms with Crippen molar-refractivity contribution in [3.05, 3.63) is 113 Å². The van der Waals surface area contributed by atoms with Crippen LogP contribution < -0.4 is 19.6 Å². The quantitative estimate of drug-likeness (QED) is 0.459. The summed E-state index contributed by atoms with van der Waals surface area (Å²) in [4.78, 5) is 20.5. The second kappa shape index (κ2) is 7.73. The van der Waals surface area contributed by atoms with E-state index in [1.807, 2.05) is 46.4 Å². The SMILES string of the molecule is COc1cccc([C@@H]2C3=C(N=c4s/c(=C/c5cccs5)c(=O)n42)c2ccccc2CC3)c1. The summed E-state index contributed by atoms with van der Waals surface area (Å²) in [6.45, 7) is 0. The third-order valence-corrected chi connectivity index (χ3v) is 7.90. The second-order valence-corrected chi connectivity index (χ2v) is 9.89. The van der Waals surface area contributed by atoms with E-state index in [1.54, 1.807) is 18.4 Å². The fraction of sp³-hybridized carbons (Fsp3) is 0.154. The number of benzene rings is 2. The highest BCUT2D eigenvalue weighted by Crippen LogP contribution is 2.41. The average Bonchev–Trinajstić information content (AvgIpc) is 3.46. The molecule has 0 unspecified atom stereocenters. The number of hydrogen-bond donors (Lipinski definition) is 0. The molecule has 2 aromatic carbocycles. The first-order chi connectivity index (χ1) is 15.7. The van der Waals surface area contributed by atoms with Gasteiger partial charge in [-0.1, -0.05) is 53.8 Å². The Balaban J connectivity index is 1.65. The van der Waals surface area contributed by atoms with Gasteiger partial charge in [-0.2, -0.15) is 0 Å². The van der Waals surface area contributed by atoms with E-state index in [0.717, 1.165) is 39.5 Å². The molecule has 6 rings (SSSR count). The van der Waals surface area contributed by atoms with Crippen LogP contribution >= 0.6 is 22.7 Å². The lowest BCUT2D eigenvalue weighted by atomic mass is 9.83. The van der Waals surface area contributed by atoms with E-state index in [-0.39, 0.29) is 11.6 Å². The molecular formula is C26H20N2O2S2. The highest BCUT2D eigenvalue weighted by Gasteiger charge is 2.32. The first kappa shape index (κ1) is 19.5. The standard InChI is InChI=1S/C26H20N2O2S2/c1-30-18-8-4-7-17(14-18)24-21-12-11-16-6-2-3-10-20(16)23(21)27-26-28(24)25(29)22(32-26)15-19-9-5-13-31-19/h2-10,13-15,24H,11-12H2,1H3/b22-15+/t24-/m1/s1. The summed E-state index contributed by atoms with van der Waals surface area (Å²) in [5, 5.41) is 2.03. The molecule has 32 heavy (non-hydrogen) atoms. The summed E-state index contributed by atoms with van der Waals surface area (Å²) in [6.07, 6.45) is 3.81. The van der Waals surface area contributed by atoms with Crippen LogP contribution in [0.2, 0.25) is 0 Å². The Labute approximate surface area is 193 Å². The normalized spacial score (nSPS) is 17.4. The van der Waals surface area contributed by atoms with Crippen molar-refractivity contribution in [3.8, 4) is 5.75 Å². The molecule has 0 N–H and O–H groups in total. The Bertz CT molecular complexity index is 1540. The van der Waals surface area contributed by atoms with Gasteiger partial charge in [0, 0.05) is 10.4 Å². The summed E-state index contributed by atoms with van der Waals surface area (Å²) < 4.78 is 8.10. The largest absolute Gasteiger partial charge is 0.497 e. The molecule has 0 saturated heterocycles. The molecule has 2 aromatic heterocycles. The van der Waals surface area contributed by atoms with Crippen molar-refractivity contribution < 1.29 is 4.74 Å². The van der Waals surface area contributed by atoms with Gasteiger partial charge >= 0.3 is 0 Å². The molecule has 1 atom stereocenters. The predicted octanol–water partition coefficient (Wildman–Crippen LogP) is 4.39. The lowest BCUT2D eigenvalue weighted by molar-refractivity contribution is 0.413. The van der Waals surface area contributed by atoms with Crippen molar-refractivity contribution in [3.63, 3.8) is 0 Å². The third kappa shape index (κ3) is 3.10. The third-order valence-electron chi connectivity index (χ3n) is 6.10. The van der Waals surface area contributed by atoms with E-state index in [0.29, 0.717) is 4.53 Å².